The average Bonchev–Trinajstić information content (AvgIpc) is 2.46. The van der Waals surface area contributed by atoms with Crippen LogP contribution in [0.2, 0.25) is 0 Å². The molecule has 0 aliphatic heterocycles. The van der Waals surface area contributed by atoms with Crippen molar-refractivity contribution in [3.8, 4) is 11.1 Å². The Morgan fingerprint density at radius 3 is 2.27 bits per heavy atom. The topological polar surface area (TPSA) is 89.3 Å². The zero-order valence-corrected chi connectivity index (χ0v) is 12.9. The highest BCUT2D eigenvalue weighted by Gasteiger charge is 2.21. The van der Waals surface area contributed by atoms with Crippen LogP contribution in [-0.2, 0) is 14.8 Å². The predicted molar refractivity (Wildman–Crippen MR) is 86.7 cm³/mol. The van der Waals surface area contributed by atoms with Crippen LogP contribution < -0.4 is 10.5 Å². The molecule has 0 fully saturated rings. The summed E-state index contributed by atoms with van der Waals surface area (Å²) >= 11 is 0. The third-order valence-corrected chi connectivity index (χ3v) is 4.03. The van der Waals surface area contributed by atoms with Crippen LogP contribution in [0.4, 0.5) is 5.69 Å². The number of amides is 1. The van der Waals surface area contributed by atoms with Crippen LogP contribution in [0.5, 0.6) is 0 Å². The molecule has 114 valence electrons. The number of anilines is 1. The monoisotopic (exact) mass is 316 g/mol. The van der Waals surface area contributed by atoms with Crippen molar-refractivity contribution in [1.29, 1.82) is 0 Å². The van der Waals surface area contributed by atoms with Gasteiger partial charge in [0.25, 0.3) is 5.91 Å². The Kier molecular flexibility index (Phi) is 4.44. The van der Waals surface area contributed by atoms with E-state index in [1.807, 2.05) is 6.07 Å². The lowest BCUT2D eigenvalue weighted by molar-refractivity contribution is -0.112. The molecule has 0 saturated heterocycles. The Bertz CT molecular complexity index is 828. The largest absolute Gasteiger partial charge is 0.321 e. The molecule has 6 heteroatoms. The number of rotatable bonds is 4. The van der Waals surface area contributed by atoms with E-state index in [4.69, 9.17) is 5.14 Å². The molecular weight excluding hydrogens is 300 g/mol. The quantitative estimate of drug-likeness (QED) is 0.849. The molecule has 0 atom stereocenters. The van der Waals surface area contributed by atoms with E-state index in [1.165, 1.54) is 13.0 Å². The number of hydrogen-bond acceptors (Lipinski definition) is 3. The van der Waals surface area contributed by atoms with Gasteiger partial charge >= 0.3 is 0 Å². The standard InChI is InChI=1S/C16H16N2O3S/c1-11(2)16(19)18-14-10-6-9-13(15(14)22(17,20)21)12-7-4-3-5-8-12/h3-10H,1H2,2H3,(H,18,19)(H2,17,20,21). The van der Waals surface area contributed by atoms with Gasteiger partial charge in [0.1, 0.15) is 4.90 Å². The Labute approximate surface area is 129 Å². The normalized spacial score (nSPS) is 11.0. The molecule has 3 N–H and O–H groups in total. The predicted octanol–water partition coefficient (Wildman–Crippen LogP) is 2.52. The van der Waals surface area contributed by atoms with E-state index in [2.05, 4.69) is 11.9 Å². The fourth-order valence-electron chi connectivity index (χ4n) is 2.02. The van der Waals surface area contributed by atoms with Gasteiger partial charge in [-0.15, -0.1) is 0 Å². The summed E-state index contributed by atoms with van der Waals surface area (Å²) in [5.41, 5.74) is 1.53. The highest BCUT2D eigenvalue weighted by atomic mass is 32.2. The first-order valence-electron chi connectivity index (χ1n) is 6.49. The van der Waals surface area contributed by atoms with E-state index in [9.17, 15) is 13.2 Å². The second-order valence-electron chi connectivity index (χ2n) is 4.83. The number of hydrogen-bond donors (Lipinski definition) is 2. The van der Waals surface area contributed by atoms with Crippen LogP contribution in [-0.4, -0.2) is 14.3 Å². The molecule has 1 amide bonds. The lowest BCUT2D eigenvalue weighted by Gasteiger charge is -2.14. The zero-order valence-electron chi connectivity index (χ0n) is 12.0. The maximum atomic E-state index is 12.0. The molecule has 5 nitrogen and oxygen atoms in total. The molecule has 0 spiro atoms. The van der Waals surface area contributed by atoms with E-state index >= 15 is 0 Å². The van der Waals surface area contributed by atoms with E-state index in [0.717, 1.165) is 0 Å². The molecule has 0 heterocycles. The number of carbonyl (C=O) groups excluding carboxylic acids is 1. The van der Waals surface area contributed by atoms with Gasteiger partial charge in [-0.3, -0.25) is 4.79 Å². The molecule has 2 aromatic carbocycles. The van der Waals surface area contributed by atoms with Gasteiger partial charge < -0.3 is 5.32 Å². The lowest BCUT2D eigenvalue weighted by atomic mass is 10.0. The van der Waals surface area contributed by atoms with Crippen LogP contribution >= 0.6 is 0 Å². The fourth-order valence-corrected chi connectivity index (χ4v) is 2.93. The molecule has 2 aromatic rings. The van der Waals surface area contributed by atoms with E-state index in [1.54, 1.807) is 36.4 Å². The third kappa shape index (κ3) is 3.41. The first-order chi connectivity index (χ1) is 10.3. The molecule has 0 aliphatic rings. The molecule has 0 aromatic heterocycles. The molecule has 22 heavy (non-hydrogen) atoms. The van der Waals surface area contributed by atoms with Crippen molar-refractivity contribution in [3.63, 3.8) is 0 Å². The summed E-state index contributed by atoms with van der Waals surface area (Å²) in [5.74, 6) is -0.463. The maximum absolute atomic E-state index is 12.0. The summed E-state index contributed by atoms with van der Waals surface area (Å²) in [7, 11) is -4.03. The van der Waals surface area contributed by atoms with Gasteiger partial charge in [-0.05, 0) is 18.6 Å². The van der Waals surface area contributed by atoms with E-state index in [0.29, 0.717) is 11.1 Å². The van der Waals surface area contributed by atoms with Crippen molar-refractivity contribution >= 4 is 21.6 Å². The zero-order chi connectivity index (χ0) is 16.3. The van der Waals surface area contributed by atoms with Gasteiger partial charge in [0.15, 0.2) is 0 Å². The van der Waals surface area contributed by atoms with Crippen molar-refractivity contribution in [2.24, 2.45) is 5.14 Å². The molecular formula is C16H16N2O3S. The summed E-state index contributed by atoms with van der Waals surface area (Å²) in [6.45, 7) is 5.07. The highest BCUT2D eigenvalue weighted by Crippen LogP contribution is 2.32. The van der Waals surface area contributed by atoms with Gasteiger partial charge in [0, 0.05) is 11.1 Å². The summed E-state index contributed by atoms with van der Waals surface area (Å²) in [5, 5.41) is 7.88. The summed E-state index contributed by atoms with van der Waals surface area (Å²) in [6, 6.07) is 13.8. The maximum Gasteiger partial charge on any atom is 0.250 e. The van der Waals surface area contributed by atoms with E-state index in [-0.39, 0.29) is 16.2 Å². The van der Waals surface area contributed by atoms with Gasteiger partial charge in [0.05, 0.1) is 5.69 Å². The van der Waals surface area contributed by atoms with Gasteiger partial charge in [0.2, 0.25) is 10.0 Å². The highest BCUT2D eigenvalue weighted by molar-refractivity contribution is 7.89. The minimum Gasteiger partial charge on any atom is -0.321 e. The number of primary sulfonamides is 1. The number of nitrogens with one attached hydrogen (secondary N) is 1. The van der Waals surface area contributed by atoms with Crippen LogP contribution in [0.3, 0.4) is 0 Å². The van der Waals surface area contributed by atoms with Crippen LogP contribution in [0.1, 0.15) is 6.92 Å². The Hall–Kier alpha value is -2.44. The molecule has 0 bridgehead atoms. The van der Waals surface area contributed by atoms with Gasteiger partial charge in [-0.1, -0.05) is 49.0 Å². The second-order valence-corrected chi connectivity index (χ2v) is 6.33. The Morgan fingerprint density at radius 2 is 1.73 bits per heavy atom. The van der Waals surface area contributed by atoms with Crippen molar-refractivity contribution in [1.82, 2.24) is 0 Å². The minimum absolute atomic E-state index is 0.115. The summed E-state index contributed by atoms with van der Waals surface area (Å²) < 4.78 is 24.0. The number of benzene rings is 2. The average molecular weight is 316 g/mol. The first kappa shape index (κ1) is 15.9. The van der Waals surface area contributed by atoms with Gasteiger partial charge in [-0.2, -0.15) is 0 Å². The minimum atomic E-state index is -4.03. The number of nitrogens with two attached hydrogens (primary N) is 1. The summed E-state index contributed by atoms with van der Waals surface area (Å²) in [4.78, 5) is 11.7. The van der Waals surface area contributed by atoms with Crippen molar-refractivity contribution in [2.75, 3.05) is 5.32 Å². The summed E-state index contributed by atoms with van der Waals surface area (Å²) in [6.07, 6.45) is 0. The van der Waals surface area contributed by atoms with Crippen molar-refractivity contribution in [3.05, 3.63) is 60.7 Å². The molecule has 2 rings (SSSR count). The number of carbonyl (C=O) groups is 1. The molecule has 0 radical (unpaired) electrons. The van der Waals surface area contributed by atoms with Crippen LogP contribution in [0, 0.1) is 0 Å². The smallest absolute Gasteiger partial charge is 0.250 e. The molecule has 0 aliphatic carbocycles. The third-order valence-electron chi connectivity index (χ3n) is 3.02. The Morgan fingerprint density at radius 1 is 1.09 bits per heavy atom. The van der Waals surface area contributed by atoms with Crippen molar-refractivity contribution in [2.45, 2.75) is 11.8 Å². The lowest BCUT2D eigenvalue weighted by Crippen LogP contribution is -2.19. The van der Waals surface area contributed by atoms with Crippen LogP contribution in [0.15, 0.2) is 65.6 Å². The SMILES string of the molecule is C=C(C)C(=O)Nc1cccc(-c2ccccc2)c1S(N)(=O)=O. The fraction of sp³-hybridized carbons (Fsp3) is 0.0625. The number of sulfonamides is 1. The molecule has 0 unspecified atom stereocenters. The van der Waals surface area contributed by atoms with Crippen LogP contribution in [0.25, 0.3) is 11.1 Å². The van der Waals surface area contributed by atoms with Crippen molar-refractivity contribution < 1.29 is 13.2 Å². The molecule has 0 saturated carbocycles. The Balaban J connectivity index is 2.66. The second kappa shape index (κ2) is 6.13. The van der Waals surface area contributed by atoms with Gasteiger partial charge in [-0.25, -0.2) is 13.6 Å². The van der Waals surface area contributed by atoms with E-state index < -0.39 is 15.9 Å². The first-order valence-corrected chi connectivity index (χ1v) is 8.03.